The van der Waals surface area contributed by atoms with Gasteiger partial charge in [0.25, 0.3) is 5.91 Å². The van der Waals surface area contributed by atoms with Crippen molar-refractivity contribution in [1.82, 2.24) is 9.88 Å². The maximum absolute atomic E-state index is 12.2. The molecule has 2 N–H and O–H groups in total. The van der Waals surface area contributed by atoms with Crippen LogP contribution in [0.25, 0.3) is 0 Å². The van der Waals surface area contributed by atoms with Gasteiger partial charge in [0.1, 0.15) is 5.75 Å². The lowest BCUT2D eigenvalue weighted by Crippen LogP contribution is -2.40. The van der Waals surface area contributed by atoms with Crippen LogP contribution in [0.1, 0.15) is 29.8 Å². The van der Waals surface area contributed by atoms with Crippen molar-refractivity contribution in [3.63, 3.8) is 0 Å². The van der Waals surface area contributed by atoms with Gasteiger partial charge in [-0.1, -0.05) is 0 Å². The zero-order chi connectivity index (χ0) is 13.0. The van der Waals surface area contributed by atoms with Crippen molar-refractivity contribution in [2.45, 2.75) is 19.3 Å². The Hall–Kier alpha value is -1.62. The van der Waals surface area contributed by atoms with Gasteiger partial charge in [-0.25, -0.2) is 4.98 Å². The Balaban J connectivity index is 2.07. The Morgan fingerprint density at radius 1 is 1.56 bits per heavy atom. The number of pyridine rings is 1. The van der Waals surface area contributed by atoms with Gasteiger partial charge in [-0.2, -0.15) is 0 Å². The van der Waals surface area contributed by atoms with Gasteiger partial charge in [0.2, 0.25) is 0 Å². The monoisotopic (exact) mass is 250 g/mol. The highest BCUT2D eigenvalue weighted by Gasteiger charge is 2.26. The maximum Gasteiger partial charge on any atom is 0.276 e. The first-order chi connectivity index (χ1) is 8.72. The number of rotatable bonds is 3. The van der Waals surface area contributed by atoms with E-state index in [4.69, 9.17) is 5.11 Å². The van der Waals surface area contributed by atoms with E-state index in [-0.39, 0.29) is 24.0 Å². The molecule has 0 saturated carbocycles. The van der Waals surface area contributed by atoms with Crippen molar-refractivity contribution < 1.29 is 15.0 Å². The molecule has 5 nitrogen and oxygen atoms in total. The molecule has 18 heavy (non-hydrogen) atoms. The molecule has 1 aliphatic rings. The summed E-state index contributed by atoms with van der Waals surface area (Å²) in [4.78, 5) is 17.9. The van der Waals surface area contributed by atoms with Gasteiger partial charge < -0.3 is 15.1 Å². The van der Waals surface area contributed by atoms with E-state index < -0.39 is 0 Å². The van der Waals surface area contributed by atoms with Gasteiger partial charge in [-0.15, -0.1) is 0 Å². The summed E-state index contributed by atoms with van der Waals surface area (Å²) in [5.74, 6) is 0.0427. The van der Waals surface area contributed by atoms with E-state index in [1.165, 1.54) is 12.3 Å². The molecule has 0 radical (unpaired) electrons. The number of hydrogen-bond acceptors (Lipinski definition) is 4. The molecule has 0 spiro atoms. The second kappa shape index (κ2) is 5.82. The van der Waals surface area contributed by atoms with Crippen molar-refractivity contribution in [2.24, 2.45) is 5.92 Å². The van der Waals surface area contributed by atoms with E-state index in [1.807, 2.05) is 0 Å². The Kier molecular flexibility index (Phi) is 4.15. The van der Waals surface area contributed by atoms with Crippen LogP contribution in [0.2, 0.25) is 0 Å². The van der Waals surface area contributed by atoms with Gasteiger partial charge in [-0.3, -0.25) is 4.79 Å². The molecule has 1 saturated heterocycles. The lowest BCUT2D eigenvalue weighted by Gasteiger charge is -2.32. The molecule has 0 aliphatic carbocycles. The molecule has 98 valence electrons. The van der Waals surface area contributed by atoms with E-state index in [9.17, 15) is 9.90 Å². The zero-order valence-electron chi connectivity index (χ0n) is 10.2. The van der Waals surface area contributed by atoms with Crippen LogP contribution in [0.4, 0.5) is 0 Å². The highest BCUT2D eigenvalue weighted by molar-refractivity contribution is 5.94. The molecular weight excluding hydrogens is 232 g/mol. The van der Waals surface area contributed by atoms with Crippen LogP contribution in [0.5, 0.6) is 5.75 Å². The van der Waals surface area contributed by atoms with Crippen LogP contribution in [-0.4, -0.2) is 45.7 Å². The number of piperidine rings is 1. The van der Waals surface area contributed by atoms with Gasteiger partial charge >= 0.3 is 0 Å². The molecule has 5 heteroatoms. The minimum Gasteiger partial charge on any atom is -0.505 e. The molecule has 2 rings (SSSR count). The second-order valence-corrected chi connectivity index (χ2v) is 4.64. The molecular formula is C13H18N2O3. The fourth-order valence-corrected chi connectivity index (χ4v) is 2.38. The fraction of sp³-hybridized carbons (Fsp3) is 0.538. The molecule has 0 aromatic carbocycles. The van der Waals surface area contributed by atoms with Crippen LogP contribution >= 0.6 is 0 Å². The Morgan fingerprint density at radius 3 is 3.11 bits per heavy atom. The molecule has 1 aliphatic heterocycles. The third kappa shape index (κ3) is 2.79. The number of hydrogen-bond donors (Lipinski definition) is 2. The van der Waals surface area contributed by atoms with Crippen LogP contribution in [0.15, 0.2) is 18.3 Å². The van der Waals surface area contributed by atoms with Crippen LogP contribution < -0.4 is 0 Å². The average molecular weight is 250 g/mol. The first kappa shape index (κ1) is 12.8. The molecule has 1 aromatic rings. The van der Waals surface area contributed by atoms with Gasteiger partial charge in [0.05, 0.1) is 0 Å². The van der Waals surface area contributed by atoms with Crippen molar-refractivity contribution >= 4 is 5.91 Å². The maximum atomic E-state index is 12.2. The quantitative estimate of drug-likeness (QED) is 0.840. The van der Waals surface area contributed by atoms with Crippen molar-refractivity contribution in [3.8, 4) is 5.75 Å². The summed E-state index contributed by atoms with van der Waals surface area (Å²) in [5.41, 5.74) is 0.113. The normalized spacial score (nSPS) is 19.8. The zero-order valence-corrected chi connectivity index (χ0v) is 10.2. The Labute approximate surface area is 106 Å². The number of carbonyl (C=O) groups excluding carboxylic acids is 1. The Morgan fingerprint density at radius 2 is 2.39 bits per heavy atom. The highest BCUT2D eigenvalue weighted by atomic mass is 16.3. The number of nitrogens with zero attached hydrogens (tertiary/aromatic N) is 2. The van der Waals surface area contributed by atoms with Crippen molar-refractivity contribution in [1.29, 1.82) is 0 Å². The van der Waals surface area contributed by atoms with Gasteiger partial charge in [-0.05, 0) is 37.3 Å². The van der Waals surface area contributed by atoms with E-state index in [0.717, 1.165) is 19.3 Å². The fourth-order valence-electron chi connectivity index (χ4n) is 2.38. The largest absolute Gasteiger partial charge is 0.505 e. The minimum absolute atomic E-state index is 0.0771. The number of aromatic nitrogens is 1. The molecule has 0 bridgehead atoms. The smallest absolute Gasteiger partial charge is 0.276 e. The van der Waals surface area contributed by atoms with E-state index >= 15 is 0 Å². The SMILES string of the molecule is O=C(c1ncccc1O)N1CCCC(CCO)C1. The highest BCUT2D eigenvalue weighted by Crippen LogP contribution is 2.22. The summed E-state index contributed by atoms with van der Waals surface area (Å²) < 4.78 is 0. The number of amides is 1. The predicted molar refractivity (Wildman–Crippen MR) is 66.2 cm³/mol. The van der Waals surface area contributed by atoms with Crippen LogP contribution in [0, 0.1) is 5.92 Å². The molecule has 1 fully saturated rings. The lowest BCUT2D eigenvalue weighted by molar-refractivity contribution is 0.0644. The molecule has 1 unspecified atom stereocenters. The summed E-state index contributed by atoms with van der Waals surface area (Å²) >= 11 is 0. The summed E-state index contributed by atoms with van der Waals surface area (Å²) in [7, 11) is 0. The number of likely N-dealkylation sites (tertiary alicyclic amines) is 1. The molecule has 1 aromatic heterocycles. The van der Waals surface area contributed by atoms with Gasteiger partial charge in [0, 0.05) is 25.9 Å². The third-order valence-electron chi connectivity index (χ3n) is 3.33. The average Bonchev–Trinajstić information content (AvgIpc) is 2.39. The Bertz CT molecular complexity index is 420. The van der Waals surface area contributed by atoms with E-state index in [2.05, 4.69) is 4.98 Å². The van der Waals surface area contributed by atoms with Gasteiger partial charge in [0.15, 0.2) is 5.69 Å². The molecule has 1 atom stereocenters. The summed E-state index contributed by atoms with van der Waals surface area (Å²) in [6, 6.07) is 3.06. The summed E-state index contributed by atoms with van der Waals surface area (Å²) in [6.45, 7) is 1.48. The van der Waals surface area contributed by atoms with Crippen LogP contribution in [0.3, 0.4) is 0 Å². The topological polar surface area (TPSA) is 73.7 Å². The first-order valence-corrected chi connectivity index (χ1v) is 6.26. The predicted octanol–water partition coefficient (Wildman–Crippen LogP) is 1.02. The lowest BCUT2D eigenvalue weighted by atomic mass is 9.95. The minimum atomic E-state index is -0.226. The van der Waals surface area contributed by atoms with E-state index in [1.54, 1.807) is 11.0 Å². The number of aliphatic hydroxyl groups is 1. The number of aromatic hydroxyl groups is 1. The van der Waals surface area contributed by atoms with Crippen LogP contribution in [-0.2, 0) is 0 Å². The first-order valence-electron chi connectivity index (χ1n) is 6.26. The third-order valence-corrected chi connectivity index (χ3v) is 3.33. The number of aliphatic hydroxyl groups excluding tert-OH is 1. The van der Waals surface area contributed by atoms with Crippen molar-refractivity contribution in [2.75, 3.05) is 19.7 Å². The second-order valence-electron chi connectivity index (χ2n) is 4.64. The summed E-state index contributed by atoms with van der Waals surface area (Å²) in [6.07, 6.45) is 4.20. The number of carbonyl (C=O) groups is 1. The van der Waals surface area contributed by atoms with E-state index in [0.29, 0.717) is 19.0 Å². The molecule has 1 amide bonds. The standard InChI is InChI=1S/C13H18N2O3/c16-8-5-10-3-2-7-15(9-10)13(18)12-11(17)4-1-6-14-12/h1,4,6,10,16-17H,2-3,5,7-9H2. The summed E-state index contributed by atoms with van der Waals surface area (Å²) in [5, 5.41) is 18.6. The molecule has 2 heterocycles. The van der Waals surface area contributed by atoms with Crippen molar-refractivity contribution in [3.05, 3.63) is 24.0 Å².